The van der Waals surface area contributed by atoms with Gasteiger partial charge in [0.15, 0.2) is 0 Å². The van der Waals surface area contributed by atoms with Crippen LogP contribution in [-0.4, -0.2) is 26.2 Å². The van der Waals surface area contributed by atoms with E-state index in [1.165, 1.54) is 14.2 Å². The third-order valence-electron chi connectivity index (χ3n) is 3.30. The summed E-state index contributed by atoms with van der Waals surface area (Å²) in [6.07, 6.45) is 7.46. The molecular weight excluding hydrogens is 208 g/mol. The van der Waals surface area contributed by atoms with Crippen LogP contribution in [0.1, 0.15) is 0 Å². The zero-order valence-corrected chi connectivity index (χ0v) is 9.25. The first-order chi connectivity index (χ1) is 7.69. The number of methoxy groups -OCH3 is 2. The lowest BCUT2D eigenvalue weighted by Gasteiger charge is -2.18. The third-order valence-corrected chi connectivity index (χ3v) is 3.30. The zero-order valence-electron chi connectivity index (χ0n) is 9.25. The summed E-state index contributed by atoms with van der Waals surface area (Å²) in [5.74, 6) is -0.951. The van der Waals surface area contributed by atoms with Crippen molar-refractivity contribution < 1.29 is 19.1 Å². The van der Waals surface area contributed by atoms with E-state index < -0.39 is 0 Å². The number of carbonyl (C=O) groups excluding carboxylic acids is 2. The highest BCUT2D eigenvalue weighted by Crippen LogP contribution is 2.42. The van der Waals surface area contributed by atoms with Gasteiger partial charge in [0.05, 0.1) is 26.1 Å². The van der Waals surface area contributed by atoms with E-state index in [0.29, 0.717) is 0 Å². The summed E-state index contributed by atoms with van der Waals surface area (Å²) >= 11 is 0. The minimum Gasteiger partial charge on any atom is -0.469 e. The average molecular weight is 222 g/mol. The second-order valence-electron chi connectivity index (χ2n) is 4.02. The lowest BCUT2D eigenvalue weighted by atomic mass is 9.86. The smallest absolute Gasteiger partial charge is 0.313 e. The summed E-state index contributed by atoms with van der Waals surface area (Å²) in [4.78, 5) is 23.0. The summed E-state index contributed by atoms with van der Waals surface area (Å²) in [6.45, 7) is 0. The number of fused-ring (bicyclic) bond motifs is 1. The van der Waals surface area contributed by atoms with Gasteiger partial charge >= 0.3 is 11.9 Å². The molecule has 0 unspecified atom stereocenters. The first kappa shape index (κ1) is 10.9. The van der Waals surface area contributed by atoms with Crippen LogP contribution in [0.25, 0.3) is 0 Å². The molecule has 0 saturated heterocycles. The molecule has 2 rings (SSSR count). The molecule has 86 valence electrons. The summed E-state index contributed by atoms with van der Waals surface area (Å²) in [7, 11) is 2.75. The molecule has 0 aromatic carbocycles. The van der Waals surface area contributed by atoms with E-state index in [1.807, 2.05) is 24.3 Å². The number of rotatable bonds is 2. The van der Waals surface area contributed by atoms with E-state index in [9.17, 15) is 9.59 Å². The standard InChI is InChI=1S/C12H14O4/c1-15-11(13)9-5-3-8-7(9)4-6-10(8)12(14)16-2/h3-10H,1-2H3/t7-,8-,9-,10-/m1/s1. The van der Waals surface area contributed by atoms with Crippen LogP contribution in [0.15, 0.2) is 24.3 Å². The van der Waals surface area contributed by atoms with E-state index >= 15 is 0 Å². The summed E-state index contributed by atoms with van der Waals surface area (Å²) in [5, 5.41) is 0. The Balaban J connectivity index is 2.13. The van der Waals surface area contributed by atoms with E-state index in [-0.39, 0.29) is 35.6 Å². The van der Waals surface area contributed by atoms with Crippen LogP contribution >= 0.6 is 0 Å². The van der Waals surface area contributed by atoms with Crippen molar-refractivity contribution in [3.63, 3.8) is 0 Å². The van der Waals surface area contributed by atoms with Crippen molar-refractivity contribution in [1.82, 2.24) is 0 Å². The van der Waals surface area contributed by atoms with Crippen LogP contribution in [-0.2, 0) is 19.1 Å². The monoisotopic (exact) mass is 222 g/mol. The molecule has 0 aromatic rings. The summed E-state index contributed by atoms with van der Waals surface area (Å²) in [5.41, 5.74) is 0. The number of carbonyl (C=O) groups is 2. The van der Waals surface area contributed by atoms with Gasteiger partial charge in [-0.2, -0.15) is 0 Å². The number of hydrogen-bond donors (Lipinski definition) is 0. The molecule has 0 saturated carbocycles. The lowest BCUT2D eigenvalue weighted by Crippen LogP contribution is -2.26. The molecule has 0 fully saturated rings. The topological polar surface area (TPSA) is 52.6 Å². The Morgan fingerprint density at radius 2 is 1.19 bits per heavy atom. The highest BCUT2D eigenvalue weighted by molar-refractivity contribution is 5.79. The van der Waals surface area contributed by atoms with Crippen LogP contribution in [0.5, 0.6) is 0 Å². The second-order valence-corrected chi connectivity index (χ2v) is 4.02. The van der Waals surface area contributed by atoms with Crippen LogP contribution in [0.3, 0.4) is 0 Å². The second kappa shape index (κ2) is 4.12. The fraction of sp³-hybridized carbons (Fsp3) is 0.500. The first-order valence-electron chi connectivity index (χ1n) is 5.21. The van der Waals surface area contributed by atoms with Crippen molar-refractivity contribution in [2.75, 3.05) is 14.2 Å². The Morgan fingerprint density at radius 1 is 0.812 bits per heavy atom. The van der Waals surface area contributed by atoms with Gasteiger partial charge in [-0.05, 0) is 0 Å². The summed E-state index contributed by atoms with van der Waals surface area (Å²) in [6, 6.07) is 0. The predicted molar refractivity (Wildman–Crippen MR) is 56.3 cm³/mol. The molecule has 2 aliphatic rings. The van der Waals surface area contributed by atoms with E-state index in [2.05, 4.69) is 0 Å². The van der Waals surface area contributed by atoms with Crippen molar-refractivity contribution >= 4 is 11.9 Å². The van der Waals surface area contributed by atoms with Gasteiger partial charge in [0.2, 0.25) is 0 Å². The number of allylic oxidation sites excluding steroid dienone is 2. The molecule has 4 nitrogen and oxygen atoms in total. The summed E-state index contributed by atoms with van der Waals surface area (Å²) < 4.78 is 9.45. The molecule has 2 aliphatic carbocycles. The molecule has 0 bridgehead atoms. The molecule has 4 atom stereocenters. The fourth-order valence-corrected chi connectivity index (χ4v) is 2.47. The lowest BCUT2D eigenvalue weighted by molar-refractivity contribution is -0.147. The van der Waals surface area contributed by atoms with E-state index in [0.717, 1.165) is 0 Å². The molecular formula is C12H14O4. The normalized spacial score (nSPS) is 34.9. The molecule has 4 heteroatoms. The highest BCUT2D eigenvalue weighted by Gasteiger charge is 2.44. The Labute approximate surface area is 93.9 Å². The van der Waals surface area contributed by atoms with Gasteiger partial charge in [-0.15, -0.1) is 0 Å². The van der Waals surface area contributed by atoms with Gasteiger partial charge in [0.25, 0.3) is 0 Å². The molecule has 16 heavy (non-hydrogen) atoms. The van der Waals surface area contributed by atoms with Crippen molar-refractivity contribution in [2.45, 2.75) is 0 Å². The Kier molecular flexibility index (Phi) is 2.81. The molecule has 0 N–H and O–H groups in total. The maximum Gasteiger partial charge on any atom is 0.313 e. The van der Waals surface area contributed by atoms with Gasteiger partial charge < -0.3 is 9.47 Å². The quantitative estimate of drug-likeness (QED) is 0.515. The van der Waals surface area contributed by atoms with Crippen LogP contribution in [0.4, 0.5) is 0 Å². The largest absolute Gasteiger partial charge is 0.469 e. The van der Waals surface area contributed by atoms with Crippen molar-refractivity contribution in [3.05, 3.63) is 24.3 Å². The average Bonchev–Trinajstić information content (AvgIpc) is 2.87. The van der Waals surface area contributed by atoms with Gasteiger partial charge in [0, 0.05) is 11.8 Å². The Morgan fingerprint density at radius 3 is 1.50 bits per heavy atom. The third kappa shape index (κ3) is 1.54. The van der Waals surface area contributed by atoms with Crippen LogP contribution < -0.4 is 0 Å². The number of esters is 2. The molecule has 0 spiro atoms. The van der Waals surface area contributed by atoms with E-state index in [4.69, 9.17) is 9.47 Å². The van der Waals surface area contributed by atoms with Crippen molar-refractivity contribution in [1.29, 1.82) is 0 Å². The zero-order chi connectivity index (χ0) is 11.7. The minimum atomic E-state index is -0.263. The Hall–Kier alpha value is -1.58. The Bertz CT molecular complexity index is 333. The molecule has 0 radical (unpaired) electrons. The SMILES string of the molecule is COC(=O)[C@@H]1C=C[C@@H]2[C@H]1C=C[C@H]2C(=O)OC. The molecule has 0 amide bonds. The van der Waals surface area contributed by atoms with Gasteiger partial charge in [-0.1, -0.05) is 24.3 Å². The van der Waals surface area contributed by atoms with Gasteiger partial charge in [0.1, 0.15) is 0 Å². The van der Waals surface area contributed by atoms with Gasteiger partial charge in [-0.25, -0.2) is 0 Å². The van der Waals surface area contributed by atoms with Crippen molar-refractivity contribution in [2.24, 2.45) is 23.7 Å². The molecule has 0 aromatic heterocycles. The maximum atomic E-state index is 11.5. The van der Waals surface area contributed by atoms with Crippen LogP contribution in [0, 0.1) is 23.7 Å². The minimum absolute atomic E-state index is 0.0385. The van der Waals surface area contributed by atoms with E-state index in [1.54, 1.807) is 0 Å². The predicted octanol–water partition coefficient (Wildman–Crippen LogP) is 0.937. The molecule has 0 aliphatic heterocycles. The van der Waals surface area contributed by atoms with Crippen molar-refractivity contribution in [3.8, 4) is 0 Å². The number of hydrogen-bond acceptors (Lipinski definition) is 4. The maximum absolute atomic E-state index is 11.5. The molecule has 0 heterocycles. The number of ether oxygens (including phenoxy) is 2. The first-order valence-corrected chi connectivity index (χ1v) is 5.21. The fourth-order valence-electron chi connectivity index (χ4n) is 2.47. The van der Waals surface area contributed by atoms with Crippen LogP contribution in [0.2, 0.25) is 0 Å². The van der Waals surface area contributed by atoms with Gasteiger partial charge in [-0.3, -0.25) is 9.59 Å². The highest BCUT2D eigenvalue weighted by atomic mass is 16.5.